The lowest BCUT2D eigenvalue weighted by molar-refractivity contribution is -0.115. The van der Waals surface area contributed by atoms with Gasteiger partial charge in [0.25, 0.3) is 0 Å². The summed E-state index contributed by atoms with van der Waals surface area (Å²) in [5, 5.41) is 11.4. The van der Waals surface area contributed by atoms with Gasteiger partial charge in [-0.3, -0.25) is 4.79 Å². The van der Waals surface area contributed by atoms with E-state index in [0.29, 0.717) is 16.9 Å². The lowest BCUT2D eigenvalue weighted by Gasteiger charge is -2.17. The Bertz CT molecular complexity index is 748. The van der Waals surface area contributed by atoms with E-state index in [2.05, 4.69) is 41.5 Å². The Hall–Kier alpha value is -2.02. The van der Waals surface area contributed by atoms with Crippen LogP contribution in [0.25, 0.3) is 0 Å². The van der Waals surface area contributed by atoms with Crippen LogP contribution in [0.3, 0.4) is 0 Å². The van der Waals surface area contributed by atoms with Crippen LogP contribution in [0.5, 0.6) is 0 Å². The molecule has 2 rings (SSSR count). The van der Waals surface area contributed by atoms with Crippen LogP contribution >= 0.6 is 11.8 Å². The fourth-order valence-corrected chi connectivity index (χ4v) is 3.23. The van der Waals surface area contributed by atoms with Crippen LogP contribution in [-0.4, -0.2) is 26.0 Å². The molecule has 0 radical (unpaired) electrons. The lowest BCUT2D eigenvalue weighted by Crippen LogP contribution is -2.26. The molecule has 1 aromatic heterocycles. The van der Waals surface area contributed by atoms with Gasteiger partial charge >= 0.3 is 0 Å². The maximum absolute atomic E-state index is 12.5. The number of rotatable bonds is 6. The largest absolute Gasteiger partial charge is 0.336 e. The molecule has 0 saturated carbocycles. The molecule has 2 aromatic rings. The molecule has 3 N–H and O–H groups in total. The van der Waals surface area contributed by atoms with E-state index in [-0.39, 0.29) is 16.6 Å². The minimum atomic E-state index is -0.344. The minimum Gasteiger partial charge on any atom is -0.336 e. The third-order valence-electron chi connectivity index (χ3n) is 4.35. The summed E-state index contributed by atoms with van der Waals surface area (Å²) in [6, 6.07) is 8.02. The third-order valence-corrected chi connectivity index (χ3v) is 5.40. The van der Waals surface area contributed by atoms with Crippen molar-refractivity contribution in [1.29, 1.82) is 0 Å². The molecule has 1 heterocycles. The molecule has 0 fully saturated rings. The second-order valence-corrected chi connectivity index (χ2v) is 8.91. The zero-order valence-electron chi connectivity index (χ0n) is 16.4. The van der Waals surface area contributed by atoms with Gasteiger partial charge in [0, 0.05) is 11.1 Å². The normalized spacial score (nSPS) is 14.1. The first-order valence-corrected chi connectivity index (χ1v) is 9.80. The highest BCUT2D eigenvalue weighted by Crippen LogP contribution is 2.26. The smallest absolute Gasteiger partial charge is 0.237 e. The van der Waals surface area contributed by atoms with Crippen molar-refractivity contribution in [2.75, 3.05) is 11.2 Å². The van der Waals surface area contributed by atoms with Crippen LogP contribution in [0.4, 0.5) is 5.69 Å². The van der Waals surface area contributed by atoms with E-state index in [0.717, 1.165) is 12.1 Å². The molecular weight excluding hydrogens is 346 g/mol. The first kappa shape index (κ1) is 20.3. The van der Waals surface area contributed by atoms with Crippen LogP contribution in [0.15, 0.2) is 29.4 Å². The third kappa shape index (κ3) is 4.78. The molecule has 1 aromatic carbocycles. The van der Waals surface area contributed by atoms with Gasteiger partial charge in [0.15, 0.2) is 5.82 Å². The summed E-state index contributed by atoms with van der Waals surface area (Å²) in [7, 11) is 0. The molecule has 0 unspecified atom stereocenters. The van der Waals surface area contributed by atoms with Crippen LogP contribution in [-0.2, 0) is 10.2 Å². The summed E-state index contributed by atoms with van der Waals surface area (Å²) in [6.07, 6.45) is 1.09. The number of amides is 1. The monoisotopic (exact) mass is 375 g/mol. The summed E-state index contributed by atoms with van der Waals surface area (Å²) in [4.78, 5) is 12.5. The number of anilines is 1. The predicted molar refractivity (Wildman–Crippen MR) is 108 cm³/mol. The van der Waals surface area contributed by atoms with Gasteiger partial charge in [0.1, 0.15) is 0 Å². The number of aromatic nitrogens is 3. The van der Waals surface area contributed by atoms with Crippen LogP contribution in [0.1, 0.15) is 65.3 Å². The van der Waals surface area contributed by atoms with Gasteiger partial charge in [-0.1, -0.05) is 58.5 Å². The van der Waals surface area contributed by atoms with E-state index in [9.17, 15) is 4.79 Å². The molecule has 6 nitrogen and oxygen atoms in total. The molecular formula is C19H29N5OS. The second kappa shape index (κ2) is 8.12. The number of nitrogens with zero attached hydrogens (tertiary/aromatic N) is 3. The minimum absolute atomic E-state index is 0.0911. The number of hydrogen-bond acceptors (Lipinski definition) is 5. The van der Waals surface area contributed by atoms with Gasteiger partial charge in [0.05, 0.1) is 5.25 Å². The van der Waals surface area contributed by atoms with Gasteiger partial charge in [0.2, 0.25) is 11.1 Å². The van der Waals surface area contributed by atoms with Gasteiger partial charge in [-0.25, -0.2) is 4.68 Å². The Kier molecular flexibility index (Phi) is 6.34. The van der Waals surface area contributed by atoms with Gasteiger partial charge in [-0.05, 0) is 37.0 Å². The average Bonchev–Trinajstić information content (AvgIpc) is 2.95. The topological polar surface area (TPSA) is 85.8 Å². The SMILES string of the molecule is CC[C@@H](C)c1ccc(NC(=O)[C@@H](C)Sc2nnc(C(C)(C)C)n2N)cc1. The fraction of sp³-hybridized carbons (Fsp3) is 0.526. The molecule has 0 aliphatic rings. The standard InChI is InChI=1S/C19H29N5OS/c1-7-12(2)14-8-10-15(11-9-14)21-16(25)13(3)26-18-23-22-17(24(18)20)19(4,5)6/h8-13H,7,20H2,1-6H3,(H,21,25)/t12-,13-/m1/s1. The Morgan fingerprint density at radius 2 is 1.85 bits per heavy atom. The van der Waals surface area contributed by atoms with Crippen LogP contribution < -0.4 is 11.2 Å². The first-order valence-electron chi connectivity index (χ1n) is 8.92. The molecule has 2 atom stereocenters. The van der Waals surface area contributed by atoms with E-state index in [1.165, 1.54) is 22.0 Å². The molecule has 142 valence electrons. The Morgan fingerprint density at radius 1 is 1.23 bits per heavy atom. The average molecular weight is 376 g/mol. The number of benzene rings is 1. The lowest BCUT2D eigenvalue weighted by atomic mass is 9.96. The quantitative estimate of drug-likeness (QED) is 0.590. The highest BCUT2D eigenvalue weighted by atomic mass is 32.2. The van der Waals surface area contributed by atoms with Crippen molar-refractivity contribution in [3.05, 3.63) is 35.7 Å². The van der Waals surface area contributed by atoms with Gasteiger partial charge < -0.3 is 11.2 Å². The Morgan fingerprint density at radius 3 is 2.35 bits per heavy atom. The molecule has 0 spiro atoms. The van der Waals surface area contributed by atoms with E-state index >= 15 is 0 Å². The van der Waals surface area contributed by atoms with Crippen molar-refractivity contribution in [2.24, 2.45) is 0 Å². The maximum atomic E-state index is 12.5. The summed E-state index contributed by atoms with van der Waals surface area (Å²) < 4.78 is 1.47. The van der Waals surface area contributed by atoms with E-state index < -0.39 is 0 Å². The predicted octanol–water partition coefficient (Wildman–Crippen LogP) is 3.92. The molecule has 0 bridgehead atoms. The first-order chi connectivity index (χ1) is 12.1. The maximum Gasteiger partial charge on any atom is 0.237 e. The van der Waals surface area contributed by atoms with Crippen molar-refractivity contribution in [3.63, 3.8) is 0 Å². The number of thioether (sulfide) groups is 1. The van der Waals surface area contributed by atoms with Crippen molar-refractivity contribution >= 4 is 23.4 Å². The number of nitrogen functional groups attached to an aromatic ring is 1. The highest BCUT2D eigenvalue weighted by Gasteiger charge is 2.25. The van der Waals surface area contributed by atoms with Gasteiger partial charge in [-0.15, -0.1) is 10.2 Å². The van der Waals surface area contributed by atoms with Crippen LogP contribution in [0, 0.1) is 0 Å². The number of hydrogen-bond donors (Lipinski definition) is 2. The molecule has 0 saturated heterocycles. The number of nitrogens with two attached hydrogens (primary N) is 1. The summed E-state index contributed by atoms with van der Waals surface area (Å²) in [6.45, 7) is 12.3. The van der Waals surface area contributed by atoms with Crippen LogP contribution in [0.2, 0.25) is 0 Å². The van der Waals surface area contributed by atoms with E-state index in [4.69, 9.17) is 5.84 Å². The summed E-state index contributed by atoms with van der Waals surface area (Å²) in [5.41, 5.74) is 1.86. The summed E-state index contributed by atoms with van der Waals surface area (Å²) in [5.74, 6) is 7.20. The van der Waals surface area contributed by atoms with E-state index in [1.807, 2.05) is 39.8 Å². The molecule has 0 aliphatic carbocycles. The fourth-order valence-electron chi connectivity index (χ4n) is 2.46. The number of carbonyl (C=O) groups is 1. The number of carbonyl (C=O) groups excluding carboxylic acids is 1. The van der Waals surface area contributed by atoms with Gasteiger partial charge in [-0.2, -0.15) is 0 Å². The molecule has 7 heteroatoms. The Labute approximate surface area is 159 Å². The second-order valence-electron chi connectivity index (χ2n) is 7.61. The van der Waals surface area contributed by atoms with Crippen molar-refractivity contribution in [2.45, 2.75) is 69.7 Å². The summed E-state index contributed by atoms with van der Waals surface area (Å²) >= 11 is 1.30. The molecule has 26 heavy (non-hydrogen) atoms. The number of nitrogens with one attached hydrogen (secondary N) is 1. The van der Waals surface area contributed by atoms with Crippen molar-refractivity contribution in [1.82, 2.24) is 14.9 Å². The molecule has 1 amide bonds. The van der Waals surface area contributed by atoms with Crippen molar-refractivity contribution < 1.29 is 4.79 Å². The zero-order chi connectivity index (χ0) is 19.5. The van der Waals surface area contributed by atoms with E-state index in [1.54, 1.807) is 0 Å². The zero-order valence-corrected chi connectivity index (χ0v) is 17.2. The molecule has 0 aliphatic heterocycles. The Balaban J connectivity index is 2.01. The van der Waals surface area contributed by atoms with Crippen molar-refractivity contribution in [3.8, 4) is 0 Å². The highest BCUT2D eigenvalue weighted by molar-refractivity contribution is 8.00.